The molecule has 27 heavy (non-hydrogen) atoms. The summed E-state index contributed by atoms with van der Waals surface area (Å²) in [5, 5.41) is 9.80. The first-order chi connectivity index (χ1) is 12.8. The zero-order valence-corrected chi connectivity index (χ0v) is 16.1. The maximum absolute atomic E-state index is 11.6. The van der Waals surface area contributed by atoms with Gasteiger partial charge in [0.2, 0.25) is 5.89 Å². The Morgan fingerprint density at radius 2 is 1.78 bits per heavy atom. The number of hydrogen-bond donors (Lipinski definition) is 1. The highest BCUT2D eigenvalue weighted by atomic mass is 32.2. The molecule has 0 saturated heterocycles. The number of aliphatic hydroxyl groups excluding tert-OH is 1. The molecule has 1 atom stereocenters. The third kappa shape index (κ3) is 4.96. The minimum atomic E-state index is -3.24. The first kappa shape index (κ1) is 19.1. The van der Waals surface area contributed by atoms with Crippen LogP contribution in [-0.4, -0.2) is 37.4 Å². The molecule has 0 amide bonds. The van der Waals surface area contributed by atoms with Gasteiger partial charge in [0, 0.05) is 24.1 Å². The van der Waals surface area contributed by atoms with Crippen LogP contribution < -0.4 is 4.90 Å². The zero-order chi connectivity index (χ0) is 19.4. The third-order valence-corrected chi connectivity index (χ3v) is 5.17. The molecule has 0 bridgehead atoms. The molecule has 0 aliphatic carbocycles. The molecule has 2 aromatic carbocycles. The second-order valence-electron chi connectivity index (χ2n) is 6.51. The summed E-state index contributed by atoms with van der Waals surface area (Å²) in [6, 6.07) is 16.2. The van der Waals surface area contributed by atoms with Crippen LogP contribution in [0.1, 0.15) is 12.6 Å². The fourth-order valence-electron chi connectivity index (χ4n) is 2.77. The van der Waals surface area contributed by atoms with E-state index in [-0.39, 0.29) is 4.90 Å². The molecule has 3 aromatic rings. The minimum absolute atomic E-state index is 0.255. The lowest BCUT2D eigenvalue weighted by Gasteiger charge is -2.25. The average Bonchev–Trinajstić information content (AvgIpc) is 3.09. The van der Waals surface area contributed by atoms with Crippen LogP contribution in [0.5, 0.6) is 0 Å². The molecule has 1 aromatic heterocycles. The van der Waals surface area contributed by atoms with Gasteiger partial charge < -0.3 is 14.4 Å². The number of aliphatic hydroxyl groups is 1. The SMILES string of the molecule is C[C@H](O)CN(Cc1coc(-c2ccc(S(C)(=O)=O)cc2)n1)c1ccccc1. The van der Waals surface area contributed by atoms with Crippen LogP contribution in [0.25, 0.3) is 11.5 Å². The Morgan fingerprint density at radius 3 is 2.37 bits per heavy atom. The molecule has 0 saturated carbocycles. The Kier molecular flexibility index (Phi) is 5.62. The molecular weight excluding hydrogens is 364 g/mol. The van der Waals surface area contributed by atoms with Gasteiger partial charge in [0.05, 0.1) is 23.2 Å². The summed E-state index contributed by atoms with van der Waals surface area (Å²) < 4.78 is 28.7. The molecule has 0 aliphatic rings. The smallest absolute Gasteiger partial charge is 0.226 e. The molecule has 3 rings (SSSR count). The van der Waals surface area contributed by atoms with E-state index in [0.29, 0.717) is 24.5 Å². The number of benzene rings is 2. The van der Waals surface area contributed by atoms with Crippen molar-refractivity contribution < 1.29 is 17.9 Å². The molecular formula is C20H22N2O4S. The molecule has 6 nitrogen and oxygen atoms in total. The Balaban J connectivity index is 1.80. The molecule has 0 spiro atoms. The average molecular weight is 386 g/mol. The van der Waals surface area contributed by atoms with Crippen LogP contribution in [0.15, 0.2) is 70.2 Å². The number of oxazole rings is 1. The highest BCUT2D eigenvalue weighted by Crippen LogP contribution is 2.23. The van der Waals surface area contributed by atoms with Crippen molar-refractivity contribution in [2.45, 2.75) is 24.5 Å². The summed E-state index contributed by atoms with van der Waals surface area (Å²) >= 11 is 0. The molecule has 7 heteroatoms. The van der Waals surface area contributed by atoms with E-state index < -0.39 is 15.9 Å². The quantitative estimate of drug-likeness (QED) is 0.672. The number of anilines is 1. The van der Waals surface area contributed by atoms with Crippen LogP contribution >= 0.6 is 0 Å². The van der Waals surface area contributed by atoms with E-state index >= 15 is 0 Å². The summed E-state index contributed by atoms with van der Waals surface area (Å²) in [4.78, 5) is 6.79. The summed E-state index contributed by atoms with van der Waals surface area (Å²) in [6.07, 6.45) is 2.27. The standard InChI is InChI=1S/C20H22N2O4S/c1-15(23)12-22(18-6-4-3-5-7-18)13-17-14-26-20(21-17)16-8-10-19(11-9-16)27(2,24)25/h3-11,14-15,23H,12-13H2,1-2H3/t15-/m0/s1. The monoisotopic (exact) mass is 386 g/mol. The van der Waals surface area contributed by atoms with Gasteiger partial charge in [-0.25, -0.2) is 13.4 Å². The lowest BCUT2D eigenvalue weighted by molar-refractivity contribution is 0.199. The van der Waals surface area contributed by atoms with Gasteiger partial charge in [-0.05, 0) is 43.3 Å². The number of para-hydroxylation sites is 1. The number of sulfone groups is 1. The Bertz CT molecular complexity index is 980. The van der Waals surface area contributed by atoms with E-state index in [1.807, 2.05) is 35.2 Å². The molecule has 142 valence electrons. The lowest BCUT2D eigenvalue weighted by Crippen LogP contribution is -2.30. The minimum Gasteiger partial charge on any atom is -0.444 e. The topological polar surface area (TPSA) is 83.6 Å². The molecule has 1 heterocycles. The van der Waals surface area contributed by atoms with Crippen molar-refractivity contribution in [3.8, 4) is 11.5 Å². The van der Waals surface area contributed by atoms with Crippen LogP contribution in [0.3, 0.4) is 0 Å². The highest BCUT2D eigenvalue weighted by molar-refractivity contribution is 7.90. The number of rotatable bonds is 7. The molecule has 0 aliphatic heterocycles. The first-order valence-electron chi connectivity index (χ1n) is 8.56. The summed E-state index contributed by atoms with van der Waals surface area (Å²) in [5.41, 5.74) is 2.41. The molecule has 1 N–H and O–H groups in total. The summed E-state index contributed by atoms with van der Waals surface area (Å²) in [7, 11) is -3.24. The van der Waals surface area contributed by atoms with E-state index in [2.05, 4.69) is 4.98 Å². The molecule has 0 unspecified atom stereocenters. The van der Waals surface area contributed by atoms with Gasteiger partial charge in [-0.1, -0.05) is 18.2 Å². The predicted molar refractivity (Wildman–Crippen MR) is 104 cm³/mol. The maximum Gasteiger partial charge on any atom is 0.226 e. The van der Waals surface area contributed by atoms with Crippen molar-refractivity contribution in [1.82, 2.24) is 4.98 Å². The van der Waals surface area contributed by atoms with Crippen LogP contribution in [0.4, 0.5) is 5.69 Å². The maximum atomic E-state index is 11.6. The van der Waals surface area contributed by atoms with Crippen molar-refractivity contribution in [3.63, 3.8) is 0 Å². The van der Waals surface area contributed by atoms with Gasteiger partial charge in [0.25, 0.3) is 0 Å². The van der Waals surface area contributed by atoms with Gasteiger partial charge in [-0.2, -0.15) is 0 Å². The van der Waals surface area contributed by atoms with Gasteiger partial charge >= 0.3 is 0 Å². The van der Waals surface area contributed by atoms with E-state index in [9.17, 15) is 13.5 Å². The van der Waals surface area contributed by atoms with Gasteiger partial charge in [0.1, 0.15) is 6.26 Å². The van der Waals surface area contributed by atoms with Crippen molar-refractivity contribution in [2.75, 3.05) is 17.7 Å². The first-order valence-corrected chi connectivity index (χ1v) is 10.4. The molecule has 0 radical (unpaired) electrons. The normalized spacial score (nSPS) is 12.7. The summed E-state index contributed by atoms with van der Waals surface area (Å²) in [6.45, 7) is 2.70. The van der Waals surface area contributed by atoms with Gasteiger partial charge in [0.15, 0.2) is 9.84 Å². The Labute approximate surface area is 159 Å². The Hall–Kier alpha value is -2.64. The number of aromatic nitrogens is 1. The predicted octanol–water partition coefficient (Wildman–Crippen LogP) is 3.13. The second kappa shape index (κ2) is 7.94. The third-order valence-electron chi connectivity index (χ3n) is 4.04. The zero-order valence-electron chi connectivity index (χ0n) is 15.2. The van der Waals surface area contributed by atoms with Crippen molar-refractivity contribution >= 4 is 15.5 Å². The van der Waals surface area contributed by atoms with Crippen molar-refractivity contribution in [1.29, 1.82) is 0 Å². The van der Waals surface area contributed by atoms with E-state index in [1.165, 1.54) is 18.4 Å². The Morgan fingerprint density at radius 1 is 1.11 bits per heavy atom. The van der Waals surface area contributed by atoms with Gasteiger partial charge in [-0.3, -0.25) is 0 Å². The van der Waals surface area contributed by atoms with Gasteiger partial charge in [-0.15, -0.1) is 0 Å². The number of hydrogen-bond acceptors (Lipinski definition) is 6. The van der Waals surface area contributed by atoms with E-state index in [0.717, 1.165) is 11.4 Å². The van der Waals surface area contributed by atoms with E-state index in [1.54, 1.807) is 25.3 Å². The van der Waals surface area contributed by atoms with Crippen LogP contribution in [0, 0.1) is 0 Å². The number of nitrogens with zero attached hydrogens (tertiary/aromatic N) is 2. The van der Waals surface area contributed by atoms with Crippen LogP contribution in [0.2, 0.25) is 0 Å². The largest absolute Gasteiger partial charge is 0.444 e. The summed E-state index contributed by atoms with van der Waals surface area (Å²) in [5.74, 6) is 0.426. The molecule has 0 fully saturated rings. The van der Waals surface area contributed by atoms with Crippen molar-refractivity contribution in [3.05, 3.63) is 66.6 Å². The highest BCUT2D eigenvalue weighted by Gasteiger charge is 2.14. The fourth-order valence-corrected chi connectivity index (χ4v) is 3.40. The fraction of sp³-hybridized carbons (Fsp3) is 0.250. The van der Waals surface area contributed by atoms with Crippen LogP contribution in [-0.2, 0) is 16.4 Å². The second-order valence-corrected chi connectivity index (χ2v) is 8.52. The lowest BCUT2D eigenvalue weighted by atomic mass is 10.2. The van der Waals surface area contributed by atoms with Crippen molar-refractivity contribution in [2.24, 2.45) is 0 Å². The van der Waals surface area contributed by atoms with E-state index in [4.69, 9.17) is 4.42 Å².